The largest absolute Gasteiger partial charge is 0.435 e. The van der Waals surface area contributed by atoms with Crippen molar-refractivity contribution in [2.75, 3.05) is 0 Å². The molecular weight excluding hydrogens is 248 g/mol. The molecule has 1 aromatic rings. The molecule has 108 valence electrons. The first-order valence-electron chi connectivity index (χ1n) is 6.87. The molecule has 0 aliphatic rings. The highest BCUT2D eigenvalue weighted by Gasteiger charge is 2.12. The zero-order valence-electron chi connectivity index (χ0n) is 11.8. The van der Waals surface area contributed by atoms with Gasteiger partial charge in [0.1, 0.15) is 5.75 Å². The first-order valence-corrected chi connectivity index (χ1v) is 6.87. The number of ether oxygens (including phenoxy) is 1. The topological polar surface area (TPSA) is 21.3 Å². The lowest BCUT2D eigenvalue weighted by Crippen LogP contribution is -2.30. The molecule has 1 aromatic carbocycles. The molecule has 4 heteroatoms. The predicted octanol–water partition coefficient (Wildman–Crippen LogP) is 4.52. The third-order valence-corrected chi connectivity index (χ3v) is 3.20. The first kappa shape index (κ1) is 15.9. The summed E-state index contributed by atoms with van der Waals surface area (Å²) in [4.78, 5) is 0. The molecule has 0 aromatic heterocycles. The Kier molecular flexibility index (Phi) is 6.78. The van der Waals surface area contributed by atoms with Gasteiger partial charge in [-0.3, -0.25) is 0 Å². The smallest absolute Gasteiger partial charge is 0.387 e. The van der Waals surface area contributed by atoms with Crippen molar-refractivity contribution in [2.45, 2.75) is 58.7 Å². The summed E-state index contributed by atoms with van der Waals surface area (Å²) < 4.78 is 28.8. The van der Waals surface area contributed by atoms with E-state index >= 15 is 0 Å². The molecule has 0 aliphatic carbocycles. The fourth-order valence-electron chi connectivity index (χ4n) is 2.16. The Balaban J connectivity index is 2.67. The normalized spacial score (nSPS) is 14.4. The van der Waals surface area contributed by atoms with Crippen LogP contribution >= 0.6 is 0 Å². The van der Waals surface area contributed by atoms with E-state index in [0.29, 0.717) is 6.04 Å². The molecule has 19 heavy (non-hydrogen) atoms. The van der Waals surface area contributed by atoms with Gasteiger partial charge in [0.15, 0.2) is 0 Å². The van der Waals surface area contributed by atoms with Crippen LogP contribution in [0.3, 0.4) is 0 Å². The zero-order chi connectivity index (χ0) is 14.3. The summed E-state index contributed by atoms with van der Waals surface area (Å²) in [5.74, 6) is 0.213. The zero-order valence-corrected chi connectivity index (χ0v) is 11.8. The Morgan fingerprint density at radius 1 is 1.26 bits per heavy atom. The highest BCUT2D eigenvalue weighted by molar-refractivity contribution is 5.30. The van der Waals surface area contributed by atoms with Crippen LogP contribution in [0.2, 0.25) is 0 Å². The summed E-state index contributed by atoms with van der Waals surface area (Å²) in [5.41, 5.74) is 0.965. The van der Waals surface area contributed by atoms with Crippen LogP contribution < -0.4 is 10.1 Å². The maximum absolute atomic E-state index is 12.2. The van der Waals surface area contributed by atoms with Crippen molar-refractivity contribution in [1.82, 2.24) is 5.32 Å². The highest BCUT2D eigenvalue weighted by atomic mass is 19.3. The second-order valence-electron chi connectivity index (χ2n) is 4.73. The van der Waals surface area contributed by atoms with Gasteiger partial charge >= 0.3 is 6.61 Å². The summed E-state index contributed by atoms with van der Waals surface area (Å²) in [6.45, 7) is 3.57. The minimum absolute atomic E-state index is 0.123. The van der Waals surface area contributed by atoms with E-state index < -0.39 is 6.61 Å². The van der Waals surface area contributed by atoms with Crippen LogP contribution in [0.5, 0.6) is 5.75 Å². The van der Waals surface area contributed by atoms with Crippen LogP contribution in [-0.4, -0.2) is 12.7 Å². The molecule has 0 radical (unpaired) electrons. The van der Waals surface area contributed by atoms with E-state index in [1.54, 1.807) is 18.2 Å². The van der Waals surface area contributed by atoms with E-state index in [0.717, 1.165) is 24.8 Å². The molecule has 0 saturated heterocycles. The number of nitrogens with one attached hydrogen (secondary N) is 1. The van der Waals surface area contributed by atoms with E-state index in [1.807, 2.05) is 13.0 Å². The average Bonchev–Trinajstić information content (AvgIpc) is 2.37. The van der Waals surface area contributed by atoms with Crippen molar-refractivity contribution >= 4 is 0 Å². The van der Waals surface area contributed by atoms with Gasteiger partial charge in [-0.25, -0.2) is 0 Å². The van der Waals surface area contributed by atoms with Crippen LogP contribution in [0.1, 0.15) is 51.6 Å². The number of alkyl halides is 2. The second-order valence-corrected chi connectivity index (χ2v) is 4.73. The maximum atomic E-state index is 12.2. The van der Waals surface area contributed by atoms with Gasteiger partial charge < -0.3 is 10.1 Å². The van der Waals surface area contributed by atoms with E-state index in [9.17, 15) is 8.78 Å². The molecule has 0 aliphatic heterocycles. The molecule has 0 bridgehead atoms. The van der Waals surface area contributed by atoms with Crippen LogP contribution in [0.25, 0.3) is 0 Å². The number of hydrogen-bond acceptors (Lipinski definition) is 2. The molecule has 0 spiro atoms. The molecule has 2 nitrogen and oxygen atoms in total. The van der Waals surface area contributed by atoms with E-state index in [2.05, 4.69) is 23.9 Å². The molecule has 0 fully saturated rings. The minimum atomic E-state index is -2.78. The molecule has 2 unspecified atom stereocenters. The van der Waals surface area contributed by atoms with Crippen LogP contribution in [0.15, 0.2) is 24.3 Å². The van der Waals surface area contributed by atoms with Crippen LogP contribution in [0.4, 0.5) is 8.78 Å². The quantitative estimate of drug-likeness (QED) is 0.750. The fourth-order valence-corrected chi connectivity index (χ4v) is 2.16. The predicted molar refractivity (Wildman–Crippen MR) is 73.6 cm³/mol. The Morgan fingerprint density at radius 3 is 2.58 bits per heavy atom. The third kappa shape index (κ3) is 5.55. The number of halogens is 2. The van der Waals surface area contributed by atoms with Crippen LogP contribution in [-0.2, 0) is 0 Å². The monoisotopic (exact) mass is 271 g/mol. The van der Waals surface area contributed by atoms with Crippen molar-refractivity contribution in [3.05, 3.63) is 29.8 Å². The number of rotatable bonds is 8. The van der Waals surface area contributed by atoms with E-state index in [-0.39, 0.29) is 11.8 Å². The highest BCUT2D eigenvalue weighted by Crippen LogP contribution is 2.21. The minimum Gasteiger partial charge on any atom is -0.435 e. The molecular formula is C15H23F2NO. The Labute approximate surface area is 114 Å². The van der Waals surface area contributed by atoms with Crippen molar-refractivity contribution in [3.8, 4) is 5.75 Å². The maximum Gasteiger partial charge on any atom is 0.387 e. The summed E-state index contributed by atoms with van der Waals surface area (Å²) >= 11 is 0. The molecule has 0 amide bonds. The Bertz CT molecular complexity index is 371. The molecule has 0 heterocycles. The molecule has 2 atom stereocenters. The second kappa shape index (κ2) is 8.10. The van der Waals surface area contributed by atoms with Gasteiger partial charge in [-0.15, -0.1) is 0 Å². The Hall–Kier alpha value is -1.16. The van der Waals surface area contributed by atoms with Crippen molar-refractivity contribution in [1.29, 1.82) is 0 Å². The summed E-state index contributed by atoms with van der Waals surface area (Å²) in [6.07, 6.45) is 3.31. The Morgan fingerprint density at radius 2 is 2.00 bits per heavy atom. The van der Waals surface area contributed by atoms with Gasteiger partial charge in [-0.2, -0.15) is 8.78 Å². The van der Waals surface area contributed by atoms with Gasteiger partial charge in [0.25, 0.3) is 0 Å². The van der Waals surface area contributed by atoms with Gasteiger partial charge in [-0.05, 0) is 37.5 Å². The third-order valence-electron chi connectivity index (χ3n) is 3.20. The standard InChI is InChI=1S/C15H23F2NO/c1-4-7-13(5-2)18-11(3)12-8-6-9-14(10-12)19-15(16)17/h6,8-11,13,15,18H,4-5,7H2,1-3H3. The molecule has 1 N–H and O–H groups in total. The summed E-state index contributed by atoms with van der Waals surface area (Å²) in [6, 6.07) is 7.46. The lowest BCUT2D eigenvalue weighted by molar-refractivity contribution is -0.0499. The SMILES string of the molecule is CCCC(CC)NC(C)c1cccc(OC(F)F)c1. The van der Waals surface area contributed by atoms with Gasteiger partial charge in [-0.1, -0.05) is 32.4 Å². The van der Waals surface area contributed by atoms with E-state index in [1.165, 1.54) is 0 Å². The van der Waals surface area contributed by atoms with E-state index in [4.69, 9.17) is 0 Å². The van der Waals surface area contributed by atoms with Crippen molar-refractivity contribution < 1.29 is 13.5 Å². The molecule has 0 saturated carbocycles. The van der Waals surface area contributed by atoms with Crippen molar-refractivity contribution in [2.24, 2.45) is 0 Å². The van der Waals surface area contributed by atoms with Crippen LogP contribution in [0, 0.1) is 0 Å². The summed E-state index contributed by atoms with van der Waals surface area (Å²) in [7, 11) is 0. The summed E-state index contributed by atoms with van der Waals surface area (Å²) in [5, 5.41) is 3.52. The van der Waals surface area contributed by atoms with Gasteiger partial charge in [0.2, 0.25) is 0 Å². The average molecular weight is 271 g/mol. The lowest BCUT2D eigenvalue weighted by atomic mass is 10.0. The fraction of sp³-hybridized carbons (Fsp3) is 0.600. The van der Waals surface area contributed by atoms with Gasteiger partial charge in [0.05, 0.1) is 0 Å². The first-order chi connectivity index (χ1) is 9.06. The lowest BCUT2D eigenvalue weighted by Gasteiger charge is -2.22. The number of benzene rings is 1. The number of hydrogen-bond donors (Lipinski definition) is 1. The molecule has 1 rings (SSSR count). The van der Waals surface area contributed by atoms with Crippen molar-refractivity contribution in [3.63, 3.8) is 0 Å². The van der Waals surface area contributed by atoms with Gasteiger partial charge in [0, 0.05) is 12.1 Å².